The number of β-lactam (4-membered cyclic amide) rings is 1. The average molecular weight is 546 g/mol. The van der Waals surface area contributed by atoms with Crippen molar-refractivity contribution in [2.45, 2.75) is 31.8 Å². The molecule has 0 radical (unpaired) electrons. The Morgan fingerprint density at radius 3 is 2.57 bits per heavy atom. The van der Waals surface area contributed by atoms with Crippen molar-refractivity contribution in [3.05, 3.63) is 52.9 Å². The number of carboxylic acids is 2. The Hall–Kier alpha value is -3.78. The Bertz CT molecular complexity index is 1320. The number of aliphatic imine (C=N–C) groups is 1. The van der Waals surface area contributed by atoms with Gasteiger partial charge in [-0.3, -0.25) is 24.3 Å². The molecule has 37 heavy (non-hydrogen) atoms. The number of amides is 2. The average Bonchev–Trinajstić information content (AvgIpc) is 3.28. The van der Waals surface area contributed by atoms with Gasteiger partial charge < -0.3 is 21.3 Å². The first-order valence-corrected chi connectivity index (χ1v) is 13.1. The van der Waals surface area contributed by atoms with Gasteiger partial charge in [-0.2, -0.15) is 0 Å². The summed E-state index contributed by atoms with van der Waals surface area (Å²) in [7, 11) is 0. The number of aromatic nitrogens is 2. The van der Waals surface area contributed by atoms with Crippen molar-refractivity contribution in [1.29, 1.82) is 0 Å². The molecule has 1 fully saturated rings. The minimum Gasteiger partial charge on any atom is -0.481 e. The van der Waals surface area contributed by atoms with Crippen LogP contribution in [0.3, 0.4) is 0 Å². The topological polar surface area (TPSA) is 179 Å². The van der Waals surface area contributed by atoms with E-state index in [1.165, 1.54) is 35.9 Å². The molecule has 0 spiro atoms. The van der Waals surface area contributed by atoms with Crippen LogP contribution in [0.5, 0.6) is 0 Å². The number of aliphatic carboxylic acids is 2. The molecule has 2 aliphatic rings. The molecule has 2 atom stereocenters. The summed E-state index contributed by atoms with van der Waals surface area (Å²) >= 11 is 2.44. The smallest absolute Gasteiger partial charge is 0.352 e. The van der Waals surface area contributed by atoms with Crippen LogP contribution in [0.25, 0.3) is 0 Å². The van der Waals surface area contributed by atoms with Crippen molar-refractivity contribution in [3.8, 4) is 0 Å². The number of fused-ring (bicyclic) bond motifs is 1. The molecular formula is C23H25N6O6S2+. The lowest BCUT2D eigenvalue weighted by Gasteiger charge is -2.49. The molecule has 0 bridgehead atoms. The SMILES string of the molecule is CC(C)(CN=C(C(=O)NC1C(=O)N2C(C(=O)O)=C(C[n+]3ccccc3)CSC12)c1csc(N)n1)C(=O)O. The quantitative estimate of drug-likeness (QED) is 0.196. The minimum atomic E-state index is -1.25. The van der Waals surface area contributed by atoms with E-state index < -0.39 is 40.6 Å². The van der Waals surface area contributed by atoms with Crippen LogP contribution in [-0.2, 0) is 25.7 Å². The lowest BCUT2D eigenvalue weighted by molar-refractivity contribution is -0.689. The van der Waals surface area contributed by atoms with E-state index in [4.69, 9.17) is 5.73 Å². The van der Waals surface area contributed by atoms with Crippen LogP contribution in [0.2, 0.25) is 0 Å². The van der Waals surface area contributed by atoms with Gasteiger partial charge in [0.15, 0.2) is 24.1 Å². The summed E-state index contributed by atoms with van der Waals surface area (Å²) in [5.74, 6) is -3.22. The lowest BCUT2D eigenvalue weighted by atomic mass is 9.94. The van der Waals surface area contributed by atoms with Crippen LogP contribution in [0, 0.1) is 5.41 Å². The predicted octanol–water partition coefficient (Wildman–Crippen LogP) is 0.352. The normalized spacial score (nSPS) is 19.8. The van der Waals surface area contributed by atoms with Gasteiger partial charge in [-0.1, -0.05) is 6.07 Å². The second kappa shape index (κ2) is 10.3. The number of rotatable bonds is 9. The number of nitrogen functional groups attached to an aromatic ring is 1. The second-order valence-electron chi connectivity index (χ2n) is 9.09. The van der Waals surface area contributed by atoms with E-state index in [1.54, 1.807) is 0 Å². The Morgan fingerprint density at radius 2 is 1.97 bits per heavy atom. The van der Waals surface area contributed by atoms with Gasteiger partial charge in [-0.05, 0) is 13.8 Å². The van der Waals surface area contributed by atoms with Gasteiger partial charge >= 0.3 is 11.9 Å². The van der Waals surface area contributed by atoms with E-state index in [1.807, 2.05) is 35.2 Å². The number of nitrogens with two attached hydrogens (primary N) is 1. The summed E-state index contributed by atoms with van der Waals surface area (Å²) in [4.78, 5) is 59.4. The Kier molecular flexibility index (Phi) is 7.32. The maximum atomic E-state index is 13.2. The highest BCUT2D eigenvalue weighted by Crippen LogP contribution is 2.40. The van der Waals surface area contributed by atoms with Gasteiger partial charge in [0, 0.05) is 28.8 Å². The number of pyridine rings is 1. The highest BCUT2D eigenvalue weighted by Gasteiger charge is 2.54. The number of hydrogen-bond donors (Lipinski definition) is 4. The van der Waals surface area contributed by atoms with Crippen molar-refractivity contribution in [3.63, 3.8) is 0 Å². The fraction of sp³-hybridized carbons (Fsp3) is 0.348. The molecule has 0 aliphatic carbocycles. The summed E-state index contributed by atoms with van der Waals surface area (Å²) in [6, 6.07) is 4.52. The lowest BCUT2D eigenvalue weighted by Crippen LogP contribution is -2.71. The summed E-state index contributed by atoms with van der Waals surface area (Å²) < 4.78 is 1.82. The molecule has 5 N–H and O–H groups in total. The van der Waals surface area contributed by atoms with Crippen molar-refractivity contribution < 1.29 is 34.0 Å². The number of anilines is 1. The maximum Gasteiger partial charge on any atom is 0.352 e. The summed E-state index contributed by atoms with van der Waals surface area (Å²) in [6.45, 7) is 3.05. The van der Waals surface area contributed by atoms with E-state index in [2.05, 4.69) is 15.3 Å². The van der Waals surface area contributed by atoms with E-state index in [0.29, 0.717) is 17.9 Å². The van der Waals surface area contributed by atoms with Crippen LogP contribution >= 0.6 is 23.1 Å². The molecule has 2 aliphatic heterocycles. The van der Waals surface area contributed by atoms with Crippen LogP contribution in [0.1, 0.15) is 19.5 Å². The van der Waals surface area contributed by atoms with Gasteiger partial charge in [0.1, 0.15) is 28.5 Å². The van der Waals surface area contributed by atoms with Crippen LogP contribution in [0.4, 0.5) is 5.13 Å². The van der Waals surface area contributed by atoms with E-state index >= 15 is 0 Å². The molecule has 14 heteroatoms. The molecule has 12 nitrogen and oxygen atoms in total. The molecule has 4 rings (SSSR count). The van der Waals surface area contributed by atoms with Gasteiger partial charge in [0.25, 0.3) is 11.8 Å². The number of carboxylic acid groups (broad SMARTS) is 2. The fourth-order valence-corrected chi connectivity index (χ4v) is 5.67. The zero-order chi connectivity index (χ0) is 26.9. The number of thioether (sulfide) groups is 1. The standard InChI is InChI=1S/C23H24N6O6S2/c1-23(2,21(34)35)11-25-14(13-10-37-22(24)26-13)17(30)27-15-18(31)29-16(20(32)33)12(9-36-19(15)29)8-28-6-4-3-5-7-28/h3-7,10,15,19H,8-9,11H2,1-2H3,(H4-,24,26,27,30,32,33,34,35)/p+1. The van der Waals surface area contributed by atoms with Crippen LogP contribution in [-0.4, -0.2) is 73.3 Å². The largest absolute Gasteiger partial charge is 0.481 e. The number of carbonyl (C=O) groups is 4. The molecule has 2 amide bonds. The summed E-state index contributed by atoms with van der Waals surface area (Å²) in [5.41, 5.74) is 4.97. The predicted molar refractivity (Wildman–Crippen MR) is 136 cm³/mol. The van der Waals surface area contributed by atoms with Crippen molar-refractivity contribution in [2.24, 2.45) is 10.4 Å². The minimum absolute atomic E-state index is 0.0834. The molecule has 0 saturated carbocycles. The number of nitrogens with one attached hydrogen (secondary N) is 1. The van der Waals surface area contributed by atoms with Gasteiger partial charge in [-0.25, -0.2) is 14.3 Å². The van der Waals surface area contributed by atoms with Gasteiger partial charge in [-0.15, -0.1) is 23.1 Å². The third-order valence-corrected chi connectivity index (χ3v) is 7.89. The zero-order valence-corrected chi connectivity index (χ0v) is 21.6. The monoisotopic (exact) mass is 545 g/mol. The van der Waals surface area contributed by atoms with Crippen LogP contribution < -0.4 is 15.6 Å². The molecule has 194 valence electrons. The molecule has 2 unspecified atom stereocenters. The molecule has 1 saturated heterocycles. The van der Waals surface area contributed by atoms with E-state index in [-0.39, 0.29) is 28.8 Å². The van der Waals surface area contributed by atoms with Gasteiger partial charge in [0.2, 0.25) is 0 Å². The number of thiazole rings is 1. The van der Waals surface area contributed by atoms with Crippen LogP contribution in [0.15, 0.2) is 52.2 Å². The molecule has 4 heterocycles. The summed E-state index contributed by atoms with van der Waals surface area (Å²) in [6.07, 6.45) is 3.61. The first-order valence-electron chi connectivity index (χ1n) is 11.1. The van der Waals surface area contributed by atoms with Crippen molar-refractivity contribution in [1.82, 2.24) is 15.2 Å². The highest BCUT2D eigenvalue weighted by atomic mass is 32.2. The molecular weight excluding hydrogens is 520 g/mol. The number of carbonyl (C=O) groups excluding carboxylic acids is 2. The fourth-order valence-electron chi connectivity index (χ4n) is 3.78. The van der Waals surface area contributed by atoms with Crippen molar-refractivity contribution in [2.75, 3.05) is 18.0 Å². The molecule has 2 aromatic rings. The van der Waals surface area contributed by atoms with Crippen molar-refractivity contribution >= 4 is 57.7 Å². The number of hydrogen-bond acceptors (Lipinski definition) is 9. The molecule has 2 aromatic heterocycles. The third kappa shape index (κ3) is 5.34. The van der Waals surface area contributed by atoms with E-state index in [0.717, 1.165) is 11.3 Å². The maximum absolute atomic E-state index is 13.2. The highest BCUT2D eigenvalue weighted by molar-refractivity contribution is 8.00. The Labute approximate surface area is 219 Å². The third-order valence-electron chi connectivity index (χ3n) is 5.88. The first kappa shape index (κ1) is 26.3. The number of nitrogens with zero attached hydrogens (tertiary/aromatic N) is 4. The Balaban J connectivity index is 1.55. The molecule has 0 aromatic carbocycles. The van der Waals surface area contributed by atoms with E-state index in [9.17, 15) is 29.4 Å². The summed E-state index contributed by atoms with van der Waals surface area (Å²) in [5, 5.41) is 23.0. The Morgan fingerprint density at radius 1 is 1.27 bits per heavy atom. The second-order valence-corrected chi connectivity index (χ2v) is 11.1. The first-order chi connectivity index (χ1) is 17.5. The zero-order valence-electron chi connectivity index (χ0n) is 20.0. The van der Waals surface area contributed by atoms with Gasteiger partial charge in [0.05, 0.1) is 12.0 Å².